The summed E-state index contributed by atoms with van der Waals surface area (Å²) in [6.45, 7) is 0. The molecule has 3 aromatic heterocycles. The first kappa shape index (κ1) is 20.0. The SMILES string of the molecule is Cn1c(=O)c2sccc2n2c(CCC(=O)Nc3ccc(Oc4ccccc4)cc3)nnc12. The summed E-state index contributed by atoms with van der Waals surface area (Å²) in [5.41, 5.74) is 1.35. The van der Waals surface area contributed by atoms with Gasteiger partial charge in [0.1, 0.15) is 22.0 Å². The van der Waals surface area contributed by atoms with Crippen LogP contribution in [0.4, 0.5) is 5.69 Å². The van der Waals surface area contributed by atoms with E-state index in [1.54, 1.807) is 19.2 Å². The number of aryl methyl sites for hydroxylation is 2. The van der Waals surface area contributed by atoms with E-state index in [-0.39, 0.29) is 17.9 Å². The van der Waals surface area contributed by atoms with Crippen LogP contribution in [0.5, 0.6) is 11.5 Å². The fraction of sp³-hybridized carbons (Fsp3) is 0.130. The predicted molar refractivity (Wildman–Crippen MR) is 124 cm³/mol. The van der Waals surface area contributed by atoms with E-state index in [4.69, 9.17) is 4.74 Å². The lowest BCUT2D eigenvalue weighted by Crippen LogP contribution is -2.19. The second-order valence-electron chi connectivity index (χ2n) is 7.24. The minimum Gasteiger partial charge on any atom is -0.457 e. The molecule has 0 aliphatic heterocycles. The van der Waals surface area contributed by atoms with Gasteiger partial charge in [-0.3, -0.25) is 18.6 Å². The van der Waals surface area contributed by atoms with E-state index in [1.807, 2.05) is 58.3 Å². The van der Waals surface area contributed by atoms with Gasteiger partial charge in [-0.05, 0) is 47.8 Å². The van der Waals surface area contributed by atoms with Gasteiger partial charge in [-0.1, -0.05) is 18.2 Å². The summed E-state index contributed by atoms with van der Waals surface area (Å²) in [6.07, 6.45) is 0.628. The van der Waals surface area contributed by atoms with Crippen LogP contribution in [0.3, 0.4) is 0 Å². The zero-order chi connectivity index (χ0) is 22.1. The lowest BCUT2D eigenvalue weighted by atomic mass is 10.2. The summed E-state index contributed by atoms with van der Waals surface area (Å²) in [4.78, 5) is 24.9. The van der Waals surface area contributed by atoms with Gasteiger partial charge < -0.3 is 10.1 Å². The van der Waals surface area contributed by atoms with Crippen molar-refractivity contribution >= 4 is 38.9 Å². The largest absolute Gasteiger partial charge is 0.457 e. The molecule has 0 saturated heterocycles. The van der Waals surface area contributed by atoms with Crippen LogP contribution in [-0.4, -0.2) is 25.1 Å². The molecule has 0 fully saturated rings. The van der Waals surface area contributed by atoms with E-state index >= 15 is 0 Å². The summed E-state index contributed by atoms with van der Waals surface area (Å²) >= 11 is 1.38. The Morgan fingerprint density at radius 1 is 1.03 bits per heavy atom. The molecule has 0 unspecified atom stereocenters. The Bertz CT molecular complexity index is 1470. The number of hydrogen-bond acceptors (Lipinski definition) is 6. The lowest BCUT2D eigenvalue weighted by Gasteiger charge is -2.08. The van der Waals surface area contributed by atoms with E-state index in [0.29, 0.717) is 34.2 Å². The van der Waals surface area contributed by atoms with E-state index in [1.165, 1.54) is 15.9 Å². The molecule has 3 heterocycles. The first-order valence-electron chi connectivity index (χ1n) is 10.0. The number of carbonyl (C=O) groups excluding carboxylic acids is 1. The molecule has 1 amide bonds. The van der Waals surface area contributed by atoms with Gasteiger partial charge in [0.2, 0.25) is 11.7 Å². The molecule has 0 saturated carbocycles. The molecule has 5 rings (SSSR count). The number of rotatable bonds is 6. The van der Waals surface area contributed by atoms with E-state index in [2.05, 4.69) is 15.5 Å². The molecule has 5 aromatic rings. The maximum atomic E-state index is 12.5. The Balaban J connectivity index is 1.26. The van der Waals surface area contributed by atoms with Crippen LogP contribution in [0.15, 0.2) is 70.8 Å². The molecule has 0 spiro atoms. The highest BCUT2D eigenvalue weighted by molar-refractivity contribution is 7.17. The average Bonchev–Trinajstić information content (AvgIpc) is 3.45. The number of anilines is 1. The minimum atomic E-state index is -0.134. The number of nitrogens with zero attached hydrogens (tertiary/aromatic N) is 4. The topological polar surface area (TPSA) is 90.5 Å². The molecule has 0 atom stereocenters. The fourth-order valence-corrected chi connectivity index (χ4v) is 4.35. The van der Waals surface area contributed by atoms with Crippen LogP contribution in [-0.2, 0) is 18.3 Å². The number of fused-ring (bicyclic) bond motifs is 3. The third kappa shape index (κ3) is 3.74. The highest BCUT2D eigenvalue weighted by Gasteiger charge is 2.16. The van der Waals surface area contributed by atoms with Crippen LogP contribution in [0, 0.1) is 0 Å². The molecular weight excluding hydrogens is 426 g/mol. The summed E-state index contributed by atoms with van der Waals surface area (Å²) in [5, 5.41) is 13.1. The number of nitrogens with one attached hydrogen (secondary N) is 1. The van der Waals surface area contributed by atoms with Crippen LogP contribution < -0.4 is 15.6 Å². The van der Waals surface area contributed by atoms with Crippen molar-refractivity contribution in [1.29, 1.82) is 0 Å². The van der Waals surface area contributed by atoms with Crippen molar-refractivity contribution in [3.63, 3.8) is 0 Å². The summed E-state index contributed by atoms with van der Waals surface area (Å²) < 4.78 is 9.73. The van der Waals surface area contributed by atoms with Crippen molar-refractivity contribution in [2.45, 2.75) is 12.8 Å². The van der Waals surface area contributed by atoms with Crippen molar-refractivity contribution in [3.8, 4) is 11.5 Å². The highest BCUT2D eigenvalue weighted by atomic mass is 32.1. The fourth-order valence-electron chi connectivity index (χ4n) is 3.49. The van der Waals surface area contributed by atoms with Gasteiger partial charge in [0.15, 0.2) is 0 Å². The molecule has 32 heavy (non-hydrogen) atoms. The van der Waals surface area contributed by atoms with Crippen LogP contribution in [0.2, 0.25) is 0 Å². The Hall–Kier alpha value is -3.98. The smallest absolute Gasteiger partial charge is 0.272 e. The summed E-state index contributed by atoms with van der Waals surface area (Å²) in [7, 11) is 1.67. The van der Waals surface area contributed by atoms with E-state index in [0.717, 1.165) is 11.3 Å². The van der Waals surface area contributed by atoms with Gasteiger partial charge in [0.05, 0.1) is 5.52 Å². The van der Waals surface area contributed by atoms with Crippen molar-refractivity contribution in [2.24, 2.45) is 7.05 Å². The number of carbonyl (C=O) groups is 1. The highest BCUT2D eigenvalue weighted by Crippen LogP contribution is 2.23. The minimum absolute atomic E-state index is 0.0983. The first-order valence-corrected chi connectivity index (χ1v) is 10.9. The van der Waals surface area contributed by atoms with Gasteiger partial charge in [-0.15, -0.1) is 21.5 Å². The normalized spacial score (nSPS) is 11.2. The molecule has 2 aromatic carbocycles. The molecular formula is C23H19N5O3S. The molecule has 0 radical (unpaired) electrons. The Labute approximate surface area is 186 Å². The second kappa shape index (κ2) is 8.27. The third-order valence-electron chi connectivity index (χ3n) is 5.09. The first-order chi connectivity index (χ1) is 15.6. The van der Waals surface area contributed by atoms with Crippen molar-refractivity contribution < 1.29 is 9.53 Å². The summed E-state index contributed by atoms with van der Waals surface area (Å²) in [6, 6.07) is 18.6. The van der Waals surface area contributed by atoms with Gasteiger partial charge in [-0.2, -0.15) is 0 Å². The summed E-state index contributed by atoms with van der Waals surface area (Å²) in [5.74, 6) is 2.41. The number of aromatic nitrogens is 4. The Kier molecular flexibility index (Phi) is 5.16. The monoisotopic (exact) mass is 445 g/mol. The zero-order valence-corrected chi connectivity index (χ0v) is 18.0. The van der Waals surface area contributed by atoms with Crippen LogP contribution in [0.1, 0.15) is 12.2 Å². The van der Waals surface area contributed by atoms with Crippen LogP contribution >= 0.6 is 11.3 Å². The maximum Gasteiger partial charge on any atom is 0.272 e. The Morgan fingerprint density at radius 2 is 1.78 bits per heavy atom. The standard InChI is InChI=1S/C23H19N5O3S/c1-27-22(30)21-18(13-14-32-21)28-19(25-26-23(27)28)11-12-20(29)24-15-7-9-17(10-8-15)31-16-5-3-2-4-6-16/h2-10,13-14H,11-12H2,1H3,(H,24,29). The lowest BCUT2D eigenvalue weighted by molar-refractivity contribution is -0.116. The molecule has 160 valence electrons. The van der Waals surface area contributed by atoms with Gasteiger partial charge in [0.25, 0.3) is 5.56 Å². The number of hydrogen-bond donors (Lipinski definition) is 1. The van der Waals surface area contributed by atoms with E-state index < -0.39 is 0 Å². The Morgan fingerprint density at radius 3 is 2.56 bits per heavy atom. The van der Waals surface area contributed by atoms with Crippen molar-refractivity contribution in [1.82, 2.24) is 19.2 Å². The molecule has 0 aliphatic carbocycles. The zero-order valence-electron chi connectivity index (χ0n) is 17.2. The number of para-hydroxylation sites is 1. The number of amides is 1. The number of benzene rings is 2. The second-order valence-corrected chi connectivity index (χ2v) is 8.15. The van der Waals surface area contributed by atoms with Crippen LogP contribution in [0.25, 0.3) is 16.0 Å². The third-order valence-corrected chi connectivity index (χ3v) is 5.98. The van der Waals surface area contributed by atoms with Gasteiger partial charge >= 0.3 is 0 Å². The number of ether oxygens (including phenoxy) is 1. The maximum absolute atomic E-state index is 12.5. The molecule has 0 aliphatic rings. The molecule has 1 N–H and O–H groups in total. The quantitative estimate of drug-likeness (QED) is 0.427. The van der Waals surface area contributed by atoms with Gasteiger partial charge in [0, 0.05) is 25.6 Å². The molecule has 9 heteroatoms. The average molecular weight is 446 g/mol. The van der Waals surface area contributed by atoms with Gasteiger partial charge in [-0.25, -0.2) is 0 Å². The van der Waals surface area contributed by atoms with Crippen molar-refractivity contribution in [3.05, 3.63) is 82.2 Å². The van der Waals surface area contributed by atoms with E-state index in [9.17, 15) is 9.59 Å². The molecule has 0 bridgehead atoms. The molecule has 8 nitrogen and oxygen atoms in total. The number of thiophene rings is 1. The van der Waals surface area contributed by atoms with Crippen molar-refractivity contribution in [2.75, 3.05) is 5.32 Å². The predicted octanol–water partition coefficient (Wildman–Crippen LogP) is 4.01.